The second kappa shape index (κ2) is 11.5. The van der Waals surface area contributed by atoms with Gasteiger partial charge in [0, 0.05) is 27.5 Å². The predicted molar refractivity (Wildman–Crippen MR) is 205 cm³/mol. The Morgan fingerprint density at radius 1 is 0.500 bits per heavy atom. The Bertz CT molecular complexity index is 2610. The Hall–Kier alpha value is -6.72. The molecule has 8 aromatic rings. The smallest absolute Gasteiger partial charge is 0.323 e. The lowest BCUT2D eigenvalue weighted by atomic mass is 9.96. The molecule has 5 heteroatoms. The topological polar surface area (TPSA) is 46.6 Å². The molecule has 1 atom stereocenters. The van der Waals surface area contributed by atoms with E-state index in [1.54, 1.807) is 0 Å². The molecule has 50 heavy (non-hydrogen) atoms. The van der Waals surface area contributed by atoms with Crippen LogP contribution < -0.4 is 4.58 Å². The monoisotopic (exact) mass is 640 g/mol. The quantitative estimate of drug-likeness (QED) is 0.176. The summed E-state index contributed by atoms with van der Waals surface area (Å²) >= 11 is 0. The lowest BCUT2D eigenvalue weighted by Gasteiger charge is -2.29. The summed E-state index contributed by atoms with van der Waals surface area (Å²) in [4.78, 5) is 15.5. The zero-order chi connectivity index (χ0) is 33.0. The summed E-state index contributed by atoms with van der Waals surface area (Å²) < 4.78 is 4.80. The van der Waals surface area contributed by atoms with E-state index in [1.807, 2.05) is 36.4 Å². The van der Waals surface area contributed by atoms with Crippen LogP contribution in [0.5, 0.6) is 0 Å². The summed E-state index contributed by atoms with van der Waals surface area (Å²) in [6, 6.07) is 53.0. The Labute approximate surface area is 289 Å². The zero-order valence-corrected chi connectivity index (χ0v) is 27.1. The van der Waals surface area contributed by atoms with Crippen LogP contribution in [0.3, 0.4) is 0 Å². The molecule has 5 nitrogen and oxygen atoms in total. The highest BCUT2D eigenvalue weighted by molar-refractivity contribution is 6.20. The number of allylic oxidation sites excluding steroid dienone is 4. The average molecular weight is 641 g/mol. The number of rotatable bonds is 5. The summed E-state index contributed by atoms with van der Waals surface area (Å²) in [5.41, 5.74) is 11.0. The van der Waals surface area contributed by atoms with Gasteiger partial charge in [0.2, 0.25) is 11.6 Å². The largest absolute Gasteiger partial charge is 0.442 e. The van der Waals surface area contributed by atoms with Crippen molar-refractivity contribution >= 4 is 39.2 Å². The lowest BCUT2D eigenvalue weighted by Crippen LogP contribution is -2.32. The van der Waals surface area contributed by atoms with Crippen molar-refractivity contribution in [1.29, 1.82) is 0 Å². The maximum Gasteiger partial charge on any atom is 0.442 e. The van der Waals surface area contributed by atoms with Gasteiger partial charge in [0.1, 0.15) is 17.4 Å². The Kier molecular flexibility index (Phi) is 6.49. The number of hydrogen-bond acceptors (Lipinski definition) is 3. The van der Waals surface area contributed by atoms with Crippen molar-refractivity contribution < 1.29 is 0 Å². The minimum atomic E-state index is -0.0818. The van der Waals surface area contributed by atoms with Crippen LogP contribution in [0, 0.1) is 0 Å². The summed E-state index contributed by atoms with van der Waals surface area (Å²) in [5.74, 6) is 1.85. The van der Waals surface area contributed by atoms with Gasteiger partial charge in [-0.1, -0.05) is 140 Å². The first-order valence-corrected chi connectivity index (χ1v) is 16.9. The van der Waals surface area contributed by atoms with Crippen molar-refractivity contribution in [3.63, 3.8) is 0 Å². The van der Waals surface area contributed by atoms with Gasteiger partial charge in [-0.05, 0) is 63.1 Å². The van der Waals surface area contributed by atoms with Gasteiger partial charge in [0.25, 0.3) is 0 Å². The number of aromatic nitrogens is 4. The van der Waals surface area contributed by atoms with E-state index >= 15 is 0 Å². The SMILES string of the molecule is C1=CC2=[N+](c3nc(-c4ccccc4)nc(-c4ccccc4)n3)c3c(-c4ccccc4)ccc4c5ccc(-c6ccccc6)cc5n(c34)C2C=C1. The van der Waals surface area contributed by atoms with Gasteiger partial charge < -0.3 is 4.57 Å². The second-order valence-electron chi connectivity index (χ2n) is 12.7. The fraction of sp³-hybridized carbons (Fsp3) is 0.0222. The van der Waals surface area contributed by atoms with Crippen LogP contribution >= 0.6 is 0 Å². The third-order valence-corrected chi connectivity index (χ3v) is 9.75. The Balaban J connectivity index is 1.33. The van der Waals surface area contributed by atoms with Gasteiger partial charge in [-0.25, -0.2) is 0 Å². The van der Waals surface area contributed by atoms with E-state index in [0.717, 1.165) is 39.2 Å². The van der Waals surface area contributed by atoms with E-state index in [4.69, 9.17) is 15.0 Å². The van der Waals surface area contributed by atoms with Crippen molar-refractivity contribution in [2.45, 2.75) is 6.04 Å². The average Bonchev–Trinajstić information content (AvgIpc) is 3.54. The van der Waals surface area contributed by atoms with Crippen LogP contribution in [-0.2, 0) is 0 Å². The minimum Gasteiger partial charge on any atom is -0.323 e. The van der Waals surface area contributed by atoms with Gasteiger partial charge in [-0.15, -0.1) is 0 Å². The van der Waals surface area contributed by atoms with Crippen LogP contribution in [0.1, 0.15) is 6.04 Å². The molecular weight excluding hydrogens is 611 g/mol. The van der Waals surface area contributed by atoms with Crippen molar-refractivity contribution in [2.24, 2.45) is 0 Å². The van der Waals surface area contributed by atoms with Gasteiger partial charge >= 0.3 is 5.95 Å². The van der Waals surface area contributed by atoms with Crippen LogP contribution in [0.25, 0.3) is 66.8 Å². The van der Waals surface area contributed by atoms with Crippen molar-refractivity contribution in [3.8, 4) is 45.0 Å². The van der Waals surface area contributed by atoms with Crippen molar-refractivity contribution in [2.75, 3.05) is 0 Å². The third-order valence-electron chi connectivity index (χ3n) is 9.75. The van der Waals surface area contributed by atoms with Crippen molar-refractivity contribution in [1.82, 2.24) is 24.1 Å². The molecule has 1 aliphatic carbocycles. The molecule has 1 unspecified atom stereocenters. The fourth-order valence-corrected chi connectivity index (χ4v) is 7.48. The minimum absolute atomic E-state index is 0.0818. The highest BCUT2D eigenvalue weighted by atomic mass is 15.3. The normalized spacial score (nSPS) is 14.8. The summed E-state index contributed by atoms with van der Waals surface area (Å²) in [6.07, 6.45) is 8.76. The molecule has 3 heterocycles. The van der Waals surface area contributed by atoms with Gasteiger partial charge in [0.05, 0.1) is 11.0 Å². The lowest BCUT2D eigenvalue weighted by molar-refractivity contribution is 0.768. The Morgan fingerprint density at radius 2 is 1.08 bits per heavy atom. The number of nitrogens with zero attached hydrogens (tertiary/aromatic N) is 5. The van der Waals surface area contributed by atoms with E-state index in [9.17, 15) is 0 Å². The summed E-state index contributed by atoms with van der Waals surface area (Å²) in [7, 11) is 0. The molecule has 0 N–H and O–H groups in total. The van der Waals surface area contributed by atoms with Gasteiger partial charge in [0.15, 0.2) is 0 Å². The zero-order valence-electron chi connectivity index (χ0n) is 27.1. The molecule has 0 saturated carbocycles. The van der Waals surface area contributed by atoms with Gasteiger partial charge in [-0.2, -0.15) is 9.56 Å². The maximum atomic E-state index is 5.26. The number of hydrogen-bond donors (Lipinski definition) is 0. The predicted octanol–water partition coefficient (Wildman–Crippen LogP) is 10.6. The van der Waals surface area contributed by atoms with Crippen LogP contribution in [-0.4, -0.2) is 25.2 Å². The molecule has 2 aromatic heterocycles. The van der Waals surface area contributed by atoms with Crippen LogP contribution in [0.15, 0.2) is 176 Å². The van der Waals surface area contributed by atoms with E-state index in [-0.39, 0.29) is 6.04 Å². The molecule has 0 fully saturated rings. The first-order chi connectivity index (χ1) is 24.8. The van der Waals surface area contributed by atoms with Crippen LogP contribution in [0.4, 0.5) is 11.6 Å². The molecule has 0 amide bonds. The third kappa shape index (κ3) is 4.48. The highest BCUT2D eigenvalue weighted by Crippen LogP contribution is 2.48. The molecule has 0 spiro atoms. The van der Waals surface area contributed by atoms with E-state index < -0.39 is 0 Å². The molecular formula is C45H30N5+. The molecule has 0 saturated heterocycles. The molecule has 0 bridgehead atoms. The molecule has 2 aliphatic rings. The molecule has 0 radical (unpaired) electrons. The highest BCUT2D eigenvalue weighted by Gasteiger charge is 2.38. The second-order valence-corrected chi connectivity index (χ2v) is 12.7. The number of fused-ring (bicyclic) bond motifs is 5. The Morgan fingerprint density at radius 3 is 1.72 bits per heavy atom. The van der Waals surface area contributed by atoms with Crippen LogP contribution in [0.2, 0.25) is 0 Å². The fourth-order valence-electron chi connectivity index (χ4n) is 7.48. The molecule has 1 aliphatic heterocycles. The first-order valence-electron chi connectivity index (χ1n) is 16.9. The molecule has 6 aromatic carbocycles. The summed E-state index contributed by atoms with van der Waals surface area (Å²) in [6.45, 7) is 0. The van der Waals surface area contributed by atoms with E-state index in [2.05, 4.69) is 149 Å². The standard InChI is InChI=1S/C45H30N5/c1-5-15-30(16-6-1)34-25-26-36-37-28-27-35(31-17-7-2-8-18-31)41-42(37)49(40(36)29-34)38-23-13-14-24-39(38)50(41)45-47-43(32-19-9-3-10-20-32)46-44(48-45)33-21-11-4-12-22-33/h1-29,38H/q+1. The number of benzene rings is 6. The van der Waals surface area contributed by atoms with Crippen molar-refractivity contribution in [3.05, 3.63) is 176 Å². The molecule has 10 rings (SSSR count). The maximum absolute atomic E-state index is 5.26. The molecule has 234 valence electrons. The van der Waals surface area contributed by atoms with Gasteiger partial charge in [-0.3, -0.25) is 0 Å². The summed E-state index contributed by atoms with van der Waals surface area (Å²) in [5, 5.41) is 2.41. The first kappa shape index (κ1) is 28.3. The van der Waals surface area contributed by atoms with E-state index in [0.29, 0.717) is 17.6 Å². The van der Waals surface area contributed by atoms with E-state index in [1.165, 1.54) is 27.4 Å².